The van der Waals surface area contributed by atoms with Gasteiger partial charge in [0.25, 0.3) is 0 Å². The molecule has 0 aliphatic carbocycles. The van der Waals surface area contributed by atoms with Crippen molar-refractivity contribution >= 4 is 15.9 Å². The maximum atomic E-state index is 13.8. The van der Waals surface area contributed by atoms with Crippen molar-refractivity contribution in [1.82, 2.24) is 14.9 Å². The number of hydrogen-bond acceptors (Lipinski definition) is 4. The average Bonchev–Trinajstić information content (AvgIpc) is 2.56. The molecule has 1 aromatic rings. The number of nitrogens with one attached hydrogen (secondary N) is 2. The Morgan fingerprint density at radius 1 is 1.20 bits per heavy atom. The fourth-order valence-corrected chi connectivity index (χ4v) is 3.80. The molecule has 0 aliphatic rings. The molecule has 1 atom stereocenters. The Morgan fingerprint density at radius 3 is 2.32 bits per heavy atom. The molecule has 1 aromatic carbocycles. The van der Waals surface area contributed by atoms with Crippen LogP contribution in [0, 0.1) is 11.7 Å². The molecule has 0 spiro atoms. The van der Waals surface area contributed by atoms with Crippen molar-refractivity contribution in [2.24, 2.45) is 5.92 Å². The van der Waals surface area contributed by atoms with Gasteiger partial charge in [0.05, 0.1) is 0 Å². The minimum absolute atomic E-state index is 0.282. The quantitative estimate of drug-likeness (QED) is 0.653. The molecule has 8 heteroatoms. The zero-order valence-corrected chi connectivity index (χ0v) is 16.1. The van der Waals surface area contributed by atoms with Crippen molar-refractivity contribution in [1.29, 1.82) is 0 Å². The molecule has 1 rings (SSSR count). The first-order valence-corrected chi connectivity index (χ1v) is 9.98. The van der Waals surface area contributed by atoms with Crippen LogP contribution in [-0.4, -0.2) is 51.4 Å². The Bertz CT molecular complexity index is 661. The molecule has 6 nitrogen and oxygen atoms in total. The van der Waals surface area contributed by atoms with E-state index in [9.17, 15) is 17.6 Å². The van der Waals surface area contributed by atoms with Crippen molar-refractivity contribution < 1.29 is 17.6 Å². The maximum absolute atomic E-state index is 13.8. The van der Waals surface area contributed by atoms with E-state index in [2.05, 4.69) is 14.9 Å². The van der Waals surface area contributed by atoms with Crippen LogP contribution < -0.4 is 10.0 Å². The van der Waals surface area contributed by atoms with E-state index in [1.165, 1.54) is 18.2 Å². The number of rotatable bonds is 10. The lowest BCUT2D eigenvalue weighted by Crippen LogP contribution is -2.50. The van der Waals surface area contributed by atoms with E-state index >= 15 is 0 Å². The van der Waals surface area contributed by atoms with E-state index in [1.807, 2.05) is 13.8 Å². The predicted molar refractivity (Wildman–Crippen MR) is 96.1 cm³/mol. The van der Waals surface area contributed by atoms with Gasteiger partial charge in [0.2, 0.25) is 15.9 Å². The highest BCUT2D eigenvalue weighted by Crippen LogP contribution is 2.15. The first kappa shape index (κ1) is 21.5. The number of benzene rings is 1. The topological polar surface area (TPSA) is 78.5 Å². The lowest BCUT2D eigenvalue weighted by molar-refractivity contribution is -0.123. The van der Waals surface area contributed by atoms with Gasteiger partial charge in [-0.2, -0.15) is 4.72 Å². The molecule has 0 radical (unpaired) electrons. The van der Waals surface area contributed by atoms with Crippen LogP contribution in [0.4, 0.5) is 4.39 Å². The van der Waals surface area contributed by atoms with Gasteiger partial charge in [-0.3, -0.25) is 4.79 Å². The SMILES string of the molecule is CCN(CC)CCNC(=O)C(NS(=O)(=O)c1ccccc1F)C(C)C. The Kier molecular flexibility index (Phi) is 8.47. The molecule has 0 saturated heterocycles. The molecule has 142 valence electrons. The second-order valence-electron chi connectivity index (χ2n) is 6.09. The monoisotopic (exact) mass is 373 g/mol. The van der Waals surface area contributed by atoms with Gasteiger partial charge in [-0.15, -0.1) is 0 Å². The molecule has 0 aliphatic heterocycles. The van der Waals surface area contributed by atoms with Crippen LogP contribution in [0.25, 0.3) is 0 Å². The summed E-state index contributed by atoms with van der Waals surface area (Å²) in [6, 6.07) is 4.12. The molecule has 0 fully saturated rings. The summed E-state index contributed by atoms with van der Waals surface area (Å²) in [5.41, 5.74) is 0. The van der Waals surface area contributed by atoms with E-state index in [0.29, 0.717) is 13.1 Å². The minimum atomic E-state index is -4.13. The number of sulfonamides is 1. The third-order valence-electron chi connectivity index (χ3n) is 3.98. The molecule has 0 bridgehead atoms. The maximum Gasteiger partial charge on any atom is 0.244 e. The number of likely N-dealkylation sites (N-methyl/N-ethyl adjacent to an activating group) is 1. The van der Waals surface area contributed by atoms with Gasteiger partial charge in [0, 0.05) is 13.1 Å². The molecule has 25 heavy (non-hydrogen) atoms. The summed E-state index contributed by atoms with van der Waals surface area (Å²) >= 11 is 0. The first-order valence-electron chi connectivity index (χ1n) is 8.49. The number of hydrogen-bond donors (Lipinski definition) is 2. The van der Waals surface area contributed by atoms with Crippen LogP contribution in [0.15, 0.2) is 29.2 Å². The van der Waals surface area contributed by atoms with Gasteiger partial charge in [0.1, 0.15) is 16.8 Å². The summed E-state index contributed by atoms with van der Waals surface area (Å²) in [6.45, 7) is 10.4. The van der Waals surface area contributed by atoms with E-state index in [1.54, 1.807) is 13.8 Å². The van der Waals surface area contributed by atoms with Crippen molar-refractivity contribution in [3.63, 3.8) is 0 Å². The smallest absolute Gasteiger partial charge is 0.244 e. The van der Waals surface area contributed by atoms with E-state index in [4.69, 9.17) is 0 Å². The van der Waals surface area contributed by atoms with Gasteiger partial charge >= 0.3 is 0 Å². The fourth-order valence-electron chi connectivity index (χ4n) is 2.37. The minimum Gasteiger partial charge on any atom is -0.353 e. The van der Waals surface area contributed by atoms with Crippen molar-refractivity contribution in [3.8, 4) is 0 Å². The third-order valence-corrected chi connectivity index (χ3v) is 5.45. The predicted octanol–water partition coefficient (Wildman–Crippen LogP) is 1.59. The Balaban J connectivity index is 2.80. The molecular weight excluding hydrogens is 345 g/mol. The zero-order chi connectivity index (χ0) is 19.0. The van der Waals surface area contributed by atoms with Crippen molar-refractivity contribution in [2.75, 3.05) is 26.2 Å². The fraction of sp³-hybridized carbons (Fsp3) is 0.588. The summed E-state index contributed by atoms with van der Waals surface area (Å²) in [4.78, 5) is 14.1. The van der Waals surface area contributed by atoms with E-state index in [-0.39, 0.29) is 5.92 Å². The summed E-state index contributed by atoms with van der Waals surface area (Å²) in [5.74, 6) is -1.54. The lowest BCUT2D eigenvalue weighted by atomic mass is 10.1. The molecule has 1 amide bonds. The first-order chi connectivity index (χ1) is 11.7. The van der Waals surface area contributed by atoms with Gasteiger partial charge in [0.15, 0.2) is 0 Å². The second kappa shape index (κ2) is 9.84. The van der Waals surface area contributed by atoms with Gasteiger partial charge < -0.3 is 10.2 Å². The highest BCUT2D eigenvalue weighted by Gasteiger charge is 2.29. The highest BCUT2D eigenvalue weighted by atomic mass is 32.2. The number of carbonyl (C=O) groups excluding carboxylic acids is 1. The standard InChI is InChI=1S/C17H28FN3O3S/c1-5-21(6-2)12-11-19-17(22)16(13(3)4)20-25(23,24)15-10-8-7-9-14(15)18/h7-10,13,16,20H,5-6,11-12H2,1-4H3,(H,19,22). The molecule has 1 unspecified atom stereocenters. The molecular formula is C17H28FN3O3S. The average molecular weight is 373 g/mol. The summed E-state index contributed by atoms with van der Waals surface area (Å²) in [5, 5.41) is 2.75. The summed E-state index contributed by atoms with van der Waals surface area (Å²) in [6.07, 6.45) is 0. The lowest BCUT2D eigenvalue weighted by Gasteiger charge is -2.23. The van der Waals surface area contributed by atoms with Crippen LogP contribution in [0.5, 0.6) is 0 Å². The number of halogens is 1. The zero-order valence-electron chi connectivity index (χ0n) is 15.3. The third kappa shape index (κ3) is 6.37. The largest absolute Gasteiger partial charge is 0.353 e. The summed E-state index contributed by atoms with van der Waals surface area (Å²) in [7, 11) is -4.13. The summed E-state index contributed by atoms with van der Waals surface area (Å²) < 4.78 is 40.9. The number of amides is 1. The van der Waals surface area contributed by atoms with Crippen LogP contribution in [0.1, 0.15) is 27.7 Å². The normalized spacial score (nSPS) is 13.2. The Labute approximate surface area is 149 Å². The van der Waals surface area contributed by atoms with Gasteiger partial charge in [-0.25, -0.2) is 12.8 Å². The van der Waals surface area contributed by atoms with Crippen LogP contribution in [-0.2, 0) is 14.8 Å². The molecule has 2 N–H and O–H groups in total. The number of nitrogens with zero attached hydrogens (tertiary/aromatic N) is 1. The second-order valence-corrected chi connectivity index (χ2v) is 7.77. The highest BCUT2D eigenvalue weighted by molar-refractivity contribution is 7.89. The number of carbonyl (C=O) groups is 1. The Hall–Kier alpha value is -1.51. The molecule has 0 heterocycles. The van der Waals surface area contributed by atoms with E-state index in [0.717, 1.165) is 19.2 Å². The van der Waals surface area contributed by atoms with Crippen LogP contribution in [0.2, 0.25) is 0 Å². The van der Waals surface area contributed by atoms with E-state index < -0.39 is 32.7 Å². The van der Waals surface area contributed by atoms with Gasteiger partial charge in [-0.1, -0.05) is 39.8 Å². The molecule has 0 aromatic heterocycles. The van der Waals surface area contributed by atoms with Crippen molar-refractivity contribution in [3.05, 3.63) is 30.1 Å². The molecule has 0 saturated carbocycles. The van der Waals surface area contributed by atoms with Crippen LogP contribution >= 0.6 is 0 Å². The van der Waals surface area contributed by atoms with Crippen LogP contribution in [0.3, 0.4) is 0 Å². The Morgan fingerprint density at radius 2 is 1.80 bits per heavy atom. The van der Waals surface area contributed by atoms with Crippen molar-refractivity contribution in [2.45, 2.75) is 38.6 Å². The van der Waals surface area contributed by atoms with Gasteiger partial charge in [-0.05, 0) is 31.1 Å².